The number of nitrogens with one attached hydrogen (secondary N) is 1. The van der Waals surface area contributed by atoms with Crippen LogP contribution in [0.25, 0.3) is 0 Å². The lowest BCUT2D eigenvalue weighted by atomic mass is 10.1. The lowest BCUT2D eigenvalue weighted by molar-refractivity contribution is -0.143. The third kappa shape index (κ3) is 7.71. The van der Waals surface area contributed by atoms with Gasteiger partial charge in [-0.2, -0.15) is 0 Å². The van der Waals surface area contributed by atoms with Gasteiger partial charge in [0.1, 0.15) is 5.75 Å². The Morgan fingerprint density at radius 3 is 2.62 bits per heavy atom. The van der Waals surface area contributed by atoms with Gasteiger partial charge >= 0.3 is 5.97 Å². The number of esters is 1. The van der Waals surface area contributed by atoms with Gasteiger partial charge in [0.2, 0.25) is 0 Å². The Balaban J connectivity index is 1.99. The van der Waals surface area contributed by atoms with E-state index in [9.17, 15) is 4.79 Å². The summed E-state index contributed by atoms with van der Waals surface area (Å²) in [6.07, 6.45) is 2.25. The van der Waals surface area contributed by atoms with E-state index in [1.54, 1.807) is 0 Å². The second-order valence-electron chi connectivity index (χ2n) is 5.11. The maximum absolute atomic E-state index is 11.1. The molecule has 0 unspecified atom stereocenters. The van der Waals surface area contributed by atoms with E-state index in [-0.39, 0.29) is 5.97 Å². The first-order valence-corrected chi connectivity index (χ1v) is 7.70. The summed E-state index contributed by atoms with van der Waals surface area (Å²) in [5.41, 5.74) is 2.54. The maximum Gasteiger partial charge on any atom is 0.305 e. The van der Waals surface area contributed by atoms with Gasteiger partial charge in [0.05, 0.1) is 13.2 Å². The summed E-state index contributed by atoms with van der Waals surface area (Å²) in [7, 11) is 0. The Morgan fingerprint density at radius 1 is 1.14 bits per heavy atom. The summed E-state index contributed by atoms with van der Waals surface area (Å²) in [6, 6.07) is 6.16. The van der Waals surface area contributed by atoms with Crippen LogP contribution in [0.2, 0.25) is 0 Å². The lowest BCUT2D eigenvalue weighted by Gasteiger charge is -2.09. The monoisotopic (exact) mass is 293 g/mol. The predicted octanol–water partition coefficient (Wildman–Crippen LogP) is 3.01. The number of rotatable bonds is 10. The molecule has 0 atom stereocenters. The van der Waals surface area contributed by atoms with Crippen LogP contribution < -0.4 is 10.1 Å². The van der Waals surface area contributed by atoms with E-state index >= 15 is 0 Å². The molecule has 0 fully saturated rings. The largest absolute Gasteiger partial charge is 0.494 e. The van der Waals surface area contributed by atoms with E-state index < -0.39 is 0 Å². The molecule has 1 rings (SSSR count). The van der Waals surface area contributed by atoms with Crippen molar-refractivity contribution in [2.45, 2.75) is 40.0 Å². The molecule has 0 spiro atoms. The highest BCUT2D eigenvalue weighted by Gasteiger charge is 2.00. The first kappa shape index (κ1) is 17.5. The summed E-state index contributed by atoms with van der Waals surface area (Å²) in [4.78, 5) is 11.1. The Bertz CT molecular complexity index is 432. The number of carbonyl (C=O) groups is 1. The van der Waals surface area contributed by atoms with Crippen molar-refractivity contribution in [2.24, 2.45) is 0 Å². The molecule has 0 aliphatic rings. The molecule has 0 saturated heterocycles. The minimum absolute atomic E-state index is 0.114. The highest BCUT2D eigenvalue weighted by atomic mass is 16.5. The van der Waals surface area contributed by atoms with Crippen molar-refractivity contribution >= 4 is 5.97 Å². The van der Waals surface area contributed by atoms with Crippen LogP contribution in [-0.4, -0.2) is 32.3 Å². The molecule has 0 aromatic heterocycles. The molecular formula is C17H27NO3. The number of benzene rings is 1. The smallest absolute Gasteiger partial charge is 0.305 e. The number of carbonyl (C=O) groups excluding carboxylic acids is 1. The van der Waals surface area contributed by atoms with Crippen molar-refractivity contribution in [1.29, 1.82) is 0 Å². The van der Waals surface area contributed by atoms with Gasteiger partial charge in [-0.25, -0.2) is 0 Å². The number of aryl methyl sites for hydroxylation is 2. The van der Waals surface area contributed by atoms with Gasteiger partial charge in [-0.15, -0.1) is 0 Å². The van der Waals surface area contributed by atoms with Crippen LogP contribution >= 0.6 is 0 Å². The summed E-state index contributed by atoms with van der Waals surface area (Å²) in [5, 5.41) is 3.30. The van der Waals surface area contributed by atoms with Crippen LogP contribution in [0.15, 0.2) is 18.2 Å². The van der Waals surface area contributed by atoms with Crippen molar-refractivity contribution in [3.8, 4) is 5.75 Å². The zero-order chi connectivity index (χ0) is 15.5. The number of hydrogen-bond donors (Lipinski definition) is 1. The topological polar surface area (TPSA) is 47.6 Å². The van der Waals surface area contributed by atoms with Crippen LogP contribution in [0.4, 0.5) is 0 Å². The van der Waals surface area contributed by atoms with Gasteiger partial charge in [0, 0.05) is 6.42 Å². The van der Waals surface area contributed by atoms with Gasteiger partial charge in [-0.1, -0.05) is 6.07 Å². The zero-order valence-electron chi connectivity index (χ0n) is 13.4. The Kier molecular flexibility index (Phi) is 8.51. The van der Waals surface area contributed by atoms with Crippen molar-refractivity contribution < 1.29 is 14.3 Å². The molecule has 1 aromatic carbocycles. The standard InChI is InChI=1S/C17H27NO3/c1-4-20-17(19)7-5-10-18-11-6-12-21-16-9-8-14(2)15(3)13-16/h8-9,13,18H,4-7,10-12H2,1-3H3. The first-order valence-electron chi connectivity index (χ1n) is 7.70. The summed E-state index contributed by atoms with van der Waals surface area (Å²) >= 11 is 0. The van der Waals surface area contributed by atoms with E-state index in [1.807, 2.05) is 13.0 Å². The predicted molar refractivity (Wildman–Crippen MR) is 84.8 cm³/mol. The van der Waals surface area contributed by atoms with Crippen molar-refractivity contribution in [3.05, 3.63) is 29.3 Å². The third-order valence-corrected chi connectivity index (χ3v) is 3.28. The lowest BCUT2D eigenvalue weighted by Crippen LogP contribution is -2.19. The third-order valence-electron chi connectivity index (χ3n) is 3.28. The summed E-state index contributed by atoms with van der Waals surface area (Å²) < 4.78 is 10.6. The molecule has 0 amide bonds. The van der Waals surface area contributed by atoms with Crippen LogP contribution in [0.3, 0.4) is 0 Å². The molecular weight excluding hydrogens is 266 g/mol. The molecule has 4 nitrogen and oxygen atoms in total. The van der Waals surface area contributed by atoms with Crippen LogP contribution in [0.1, 0.15) is 37.3 Å². The van der Waals surface area contributed by atoms with Crippen LogP contribution in [-0.2, 0) is 9.53 Å². The normalized spacial score (nSPS) is 10.4. The number of ether oxygens (including phenoxy) is 2. The summed E-state index contributed by atoms with van der Waals surface area (Å²) in [5.74, 6) is 0.817. The Hall–Kier alpha value is -1.55. The first-order chi connectivity index (χ1) is 10.1. The van der Waals surface area contributed by atoms with Gasteiger partial charge in [0.15, 0.2) is 0 Å². The molecule has 118 valence electrons. The van der Waals surface area contributed by atoms with Crippen molar-refractivity contribution in [3.63, 3.8) is 0 Å². The van der Waals surface area contributed by atoms with E-state index in [4.69, 9.17) is 9.47 Å². The highest BCUT2D eigenvalue weighted by Crippen LogP contribution is 2.16. The maximum atomic E-state index is 11.1. The zero-order valence-corrected chi connectivity index (χ0v) is 13.4. The molecule has 21 heavy (non-hydrogen) atoms. The second kappa shape index (κ2) is 10.2. The highest BCUT2D eigenvalue weighted by molar-refractivity contribution is 5.69. The van der Waals surface area contributed by atoms with Crippen LogP contribution in [0, 0.1) is 13.8 Å². The molecule has 0 heterocycles. The minimum Gasteiger partial charge on any atom is -0.494 e. The summed E-state index contributed by atoms with van der Waals surface area (Å²) in [6.45, 7) is 8.91. The molecule has 4 heteroatoms. The van der Waals surface area contributed by atoms with E-state index in [1.165, 1.54) is 11.1 Å². The van der Waals surface area contributed by atoms with Crippen molar-refractivity contribution in [2.75, 3.05) is 26.3 Å². The Morgan fingerprint density at radius 2 is 1.90 bits per heavy atom. The fourth-order valence-corrected chi connectivity index (χ4v) is 1.91. The van der Waals surface area contributed by atoms with E-state index in [2.05, 4.69) is 31.3 Å². The van der Waals surface area contributed by atoms with Gasteiger partial charge in [0.25, 0.3) is 0 Å². The molecule has 0 bridgehead atoms. The quantitative estimate of drug-likeness (QED) is 0.532. The van der Waals surface area contributed by atoms with Crippen LogP contribution in [0.5, 0.6) is 5.75 Å². The molecule has 1 N–H and O–H groups in total. The molecule has 0 radical (unpaired) electrons. The second-order valence-corrected chi connectivity index (χ2v) is 5.11. The van der Waals surface area contributed by atoms with Gasteiger partial charge in [-0.05, 0) is 70.0 Å². The van der Waals surface area contributed by atoms with Gasteiger partial charge < -0.3 is 14.8 Å². The SMILES string of the molecule is CCOC(=O)CCCNCCCOc1ccc(C)c(C)c1. The Labute approximate surface area is 127 Å². The molecule has 1 aromatic rings. The van der Waals surface area contributed by atoms with E-state index in [0.717, 1.165) is 31.7 Å². The molecule has 0 aliphatic heterocycles. The average molecular weight is 293 g/mol. The minimum atomic E-state index is -0.114. The average Bonchev–Trinajstić information content (AvgIpc) is 2.46. The molecule has 0 saturated carbocycles. The number of hydrogen-bond acceptors (Lipinski definition) is 4. The fourth-order valence-electron chi connectivity index (χ4n) is 1.91. The fraction of sp³-hybridized carbons (Fsp3) is 0.588. The van der Waals surface area contributed by atoms with E-state index in [0.29, 0.717) is 19.6 Å². The van der Waals surface area contributed by atoms with Gasteiger partial charge in [-0.3, -0.25) is 4.79 Å². The van der Waals surface area contributed by atoms with Crippen molar-refractivity contribution in [1.82, 2.24) is 5.32 Å². The molecule has 0 aliphatic carbocycles.